The second-order valence-corrected chi connectivity index (χ2v) is 11.0. The summed E-state index contributed by atoms with van der Waals surface area (Å²) in [6, 6.07) is 43.8. The van der Waals surface area contributed by atoms with Gasteiger partial charge in [0.15, 0.2) is 0 Å². The van der Waals surface area contributed by atoms with Crippen molar-refractivity contribution >= 4 is 62.6 Å². The van der Waals surface area contributed by atoms with Crippen molar-refractivity contribution < 1.29 is 83.7 Å². The molecule has 0 fully saturated rings. The average Bonchev–Trinajstić information content (AvgIpc) is 3.26. The van der Waals surface area contributed by atoms with Gasteiger partial charge in [0.05, 0.1) is 11.8 Å². The third-order valence-corrected chi connectivity index (χ3v) is 7.13. The van der Waals surface area contributed by atoms with E-state index in [1.54, 1.807) is 84.9 Å². The minimum Gasteiger partial charge on any atom is -0.541 e. The second kappa shape index (κ2) is 30.6. The summed E-state index contributed by atoms with van der Waals surface area (Å²) in [5.41, 5.74) is 2.97. The van der Waals surface area contributed by atoms with E-state index in [1.165, 1.54) is 43.3 Å². The number of ketones is 3. The van der Waals surface area contributed by atoms with Crippen molar-refractivity contribution in [2.45, 2.75) is 6.92 Å². The molecular formula is C42H35BrN3NaO11. The van der Waals surface area contributed by atoms with Crippen molar-refractivity contribution in [2.24, 2.45) is 10.3 Å². The van der Waals surface area contributed by atoms with Crippen molar-refractivity contribution in [3.05, 3.63) is 179 Å². The number of rotatable bonds is 11. The number of carboxylic acid groups (broad SMARTS) is 2. The molecule has 5 rings (SSSR count). The van der Waals surface area contributed by atoms with Crippen LogP contribution in [0.5, 0.6) is 0 Å². The zero-order chi connectivity index (χ0) is 42.4. The normalized spacial score (nSPS) is 9.74. The van der Waals surface area contributed by atoms with Gasteiger partial charge in [-0.05, 0) is 0 Å². The van der Waals surface area contributed by atoms with Gasteiger partial charge >= 0.3 is 41.5 Å². The van der Waals surface area contributed by atoms with Crippen LogP contribution in [-0.2, 0) is 19.1 Å². The van der Waals surface area contributed by atoms with Gasteiger partial charge < -0.3 is 30.2 Å². The molecule has 16 heteroatoms. The molecule has 0 aliphatic carbocycles. The number of halogens is 1. The first-order valence-electron chi connectivity index (χ1n) is 16.2. The number of aliphatic carboxylic acids is 2. The first-order chi connectivity index (χ1) is 27.4. The molecule has 5 aromatic carbocycles. The summed E-state index contributed by atoms with van der Waals surface area (Å²) in [7, 11) is 0. The van der Waals surface area contributed by atoms with Crippen LogP contribution in [0.4, 0.5) is 0 Å². The van der Waals surface area contributed by atoms with Gasteiger partial charge in [0.2, 0.25) is 5.78 Å². The predicted molar refractivity (Wildman–Crippen MR) is 211 cm³/mol. The van der Waals surface area contributed by atoms with E-state index < -0.39 is 35.3 Å². The van der Waals surface area contributed by atoms with Gasteiger partial charge in [-0.2, -0.15) is 5.26 Å². The van der Waals surface area contributed by atoms with Crippen LogP contribution < -0.4 is 34.7 Å². The Bertz CT molecular complexity index is 2020. The summed E-state index contributed by atoms with van der Waals surface area (Å²) in [5.74, 6) is -6.66. The van der Waals surface area contributed by atoms with E-state index in [2.05, 4.69) is 26.2 Å². The van der Waals surface area contributed by atoms with E-state index >= 15 is 0 Å². The number of esters is 1. The van der Waals surface area contributed by atoms with Crippen molar-refractivity contribution in [2.75, 3.05) is 11.9 Å². The Hall–Kier alpha value is -6.57. The number of carboxylic acids is 2. The summed E-state index contributed by atoms with van der Waals surface area (Å²) in [6.07, 6.45) is 0. The molecule has 0 atom stereocenters. The fourth-order valence-electron chi connectivity index (χ4n) is 3.92. The number of ether oxygens (including phenoxy) is 1. The Morgan fingerprint density at radius 2 is 0.879 bits per heavy atom. The quantitative estimate of drug-likeness (QED) is 0.0254. The van der Waals surface area contributed by atoms with Crippen LogP contribution in [-0.4, -0.2) is 74.1 Å². The fraction of sp³-hybridized carbons (Fsp3) is 0.0714. The van der Waals surface area contributed by atoms with E-state index in [-0.39, 0.29) is 58.6 Å². The fourth-order valence-corrected chi connectivity index (χ4v) is 4.36. The maximum absolute atomic E-state index is 11.8. The van der Waals surface area contributed by atoms with Crippen molar-refractivity contribution in [3.8, 4) is 6.07 Å². The number of carbonyl (C=O) groups excluding carboxylic acids is 5. The first-order valence-corrected chi connectivity index (χ1v) is 17.4. The summed E-state index contributed by atoms with van der Waals surface area (Å²) in [5, 5.41) is 49.9. The number of Topliss-reactive ketones (excluding diaryl/α,β-unsaturated/α-hetero) is 3. The van der Waals surface area contributed by atoms with Gasteiger partial charge in [0.25, 0.3) is 11.6 Å². The minimum absolute atomic E-state index is 0. The van der Waals surface area contributed by atoms with Crippen LogP contribution in [0.25, 0.3) is 0 Å². The van der Waals surface area contributed by atoms with E-state index in [0.717, 1.165) is 5.56 Å². The standard InChI is InChI=1S/C16H13NO4.C8H8BrNO.2C8H6O3.C2H3N.Na/c18-15(13-9-5-2-6-10-13)16(19)21-11-14(17-20)12-7-3-1-4-8-12;9-6-8(10-11)7-4-2-1-3-5-7;2*9-7(8(10)11)6-4-2-1-3-5-6;1-2-3;/h1-10,20H,11H2;1-5,11H,6H2;2*1-5H,(H,10,11);1H3;/q;;;;;+1/p-1/b17-14-;10-8-;;;;. The predicted octanol–water partition coefficient (Wildman–Crippen LogP) is 2.66. The molecule has 3 N–H and O–H groups in total. The molecule has 0 aromatic heterocycles. The van der Waals surface area contributed by atoms with Gasteiger partial charge in [-0.3, -0.25) is 14.4 Å². The van der Waals surface area contributed by atoms with Crippen LogP contribution in [0.15, 0.2) is 162 Å². The third-order valence-electron chi connectivity index (χ3n) is 6.59. The molecule has 0 aliphatic heterocycles. The molecule has 0 saturated carbocycles. The molecule has 5 aromatic rings. The van der Waals surface area contributed by atoms with Crippen molar-refractivity contribution in [1.82, 2.24) is 0 Å². The molecule has 0 radical (unpaired) electrons. The van der Waals surface area contributed by atoms with Crippen LogP contribution in [0.2, 0.25) is 0 Å². The molecule has 14 nitrogen and oxygen atoms in total. The monoisotopic (exact) mass is 859 g/mol. The van der Waals surface area contributed by atoms with Gasteiger partial charge in [-0.1, -0.05) is 178 Å². The first kappa shape index (κ1) is 51.4. The van der Waals surface area contributed by atoms with Gasteiger partial charge in [-0.25, -0.2) is 9.59 Å². The molecule has 0 amide bonds. The maximum atomic E-state index is 11.8. The van der Waals surface area contributed by atoms with E-state index in [0.29, 0.717) is 16.6 Å². The van der Waals surface area contributed by atoms with E-state index in [4.69, 9.17) is 25.5 Å². The molecule has 0 bridgehead atoms. The number of nitriles is 1. The Morgan fingerprint density at radius 3 is 1.17 bits per heavy atom. The summed E-state index contributed by atoms with van der Waals surface area (Å²) in [4.78, 5) is 65.1. The van der Waals surface area contributed by atoms with Gasteiger partial charge in [-0.15, -0.1) is 0 Å². The number of alkyl halides is 1. The third kappa shape index (κ3) is 19.8. The maximum Gasteiger partial charge on any atom is 1.00 e. The van der Waals surface area contributed by atoms with Crippen LogP contribution >= 0.6 is 15.9 Å². The topological polar surface area (TPSA) is 244 Å². The number of oxime groups is 2. The zero-order valence-corrected chi connectivity index (χ0v) is 34.8. The molecule has 0 spiro atoms. The Morgan fingerprint density at radius 1 is 0.586 bits per heavy atom. The van der Waals surface area contributed by atoms with E-state index in [1.807, 2.05) is 36.4 Å². The number of carbonyl (C=O) groups is 6. The van der Waals surface area contributed by atoms with Crippen molar-refractivity contribution in [3.63, 3.8) is 0 Å². The second-order valence-electron chi connectivity index (χ2n) is 10.4. The number of hydrogen-bond donors (Lipinski definition) is 3. The van der Waals surface area contributed by atoms with Crippen LogP contribution in [0.3, 0.4) is 0 Å². The Kier molecular flexibility index (Phi) is 27.2. The van der Waals surface area contributed by atoms with E-state index in [9.17, 15) is 33.9 Å². The molecule has 0 unspecified atom stereocenters. The largest absolute Gasteiger partial charge is 1.00 e. The number of benzene rings is 5. The summed E-state index contributed by atoms with van der Waals surface area (Å²) in [6.45, 7) is 1.15. The molecule has 0 aliphatic rings. The molecular weight excluding hydrogens is 825 g/mol. The summed E-state index contributed by atoms with van der Waals surface area (Å²) < 4.78 is 4.89. The van der Waals surface area contributed by atoms with Crippen molar-refractivity contribution in [1.29, 1.82) is 5.26 Å². The Balaban J connectivity index is 0.000000760. The minimum atomic E-state index is -1.67. The van der Waals surface area contributed by atoms with Crippen LogP contribution in [0, 0.1) is 11.3 Å². The summed E-state index contributed by atoms with van der Waals surface area (Å²) >= 11 is 3.22. The number of nitrogens with zero attached hydrogens (tertiary/aromatic N) is 3. The molecule has 58 heavy (non-hydrogen) atoms. The van der Waals surface area contributed by atoms with Crippen LogP contribution in [0.1, 0.15) is 49.1 Å². The molecule has 0 heterocycles. The Labute approximate surface area is 364 Å². The smallest absolute Gasteiger partial charge is 0.541 e. The van der Waals surface area contributed by atoms with Gasteiger partial charge in [0, 0.05) is 40.1 Å². The average molecular weight is 861 g/mol. The molecule has 0 saturated heterocycles. The SMILES string of the molecule is CC#N.O/N=C(/CBr)c1ccccc1.O=C(O)C(=O)c1ccccc1.O=C(OC/C(=N/O)c1ccccc1)C(=O)c1ccccc1.O=C([O-])C(=O)c1ccccc1.[Na+]. The molecule has 292 valence electrons. The zero-order valence-electron chi connectivity index (χ0n) is 31.2. The van der Waals surface area contributed by atoms with Gasteiger partial charge in [0.1, 0.15) is 18.3 Å². The number of hydrogen-bond acceptors (Lipinski definition) is 13.